The molecule has 0 saturated carbocycles. The van der Waals surface area contributed by atoms with Gasteiger partial charge in [0.15, 0.2) is 0 Å². The number of nitrogens with two attached hydrogens (primary N) is 1. The monoisotopic (exact) mass is 261 g/mol. The summed E-state index contributed by atoms with van der Waals surface area (Å²) in [5.74, 6) is 0.0964. The molecule has 3 unspecified atom stereocenters. The highest BCUT2D eigenvalue weighted by molar-refractivity contribution is 5.81. The second-order valence-electron chi connectivity index (χ2n) is 5.22. The molecular formula is C15H23N3O. The molecule has 0 aliphatic carbocycles. The summed E-state index contributed by atoms with van der Waals surface area (Å²) in [6.45, 7) is 2.94. The van der Waals surface area contributed by atoms with Crippen molar-refractivity contribution in [2.24, 2.45) is 5.73 Å². The van der Waals surface area contributed by atoms with E-state index < -0.39 is 0 Å². The summed E-state index contributed by atoms with van der Waals surface area (Å²) in [7, 11) is 1.70. The van der Waals surface area contributed by atoms with E-state index in [0.29, 0.717) is 0 Å². The minimum absolute atomic E-state index is 0.00680. The van der Waals surface area contributed by atoms with Gasteiger partial charge in [-0.1, -0.05) is 30.3 Å². The Morgan fingerprint density at radius 1 is 1.42 bits per heavy atom. The van der Waals surface area contributed by atoms with Gasteiger partial charge in [0.2, 0.25) is 5.91 Å². The lowest BCUT2D eigenvalue weighted by Gasteiger charge is -2.35. The quantitative estimate of drug-likeness (QED) is 0.858. The Hall–Kier alpha value is -1.39. The molecule has 1 fully saturated rings. The standard InChI is InChI=1S/C15H23N3O/c1-11(16)14(12-7-4-3-5-8-12)18-10-6-9-13(18)15(19)17-2/h3-5,7-8,11,13-14H,6,9-10,16H2,1-2H3,(H,17,19). The van der Waals surface area contributed by atoms with E-state index >= 15 is 0 Å². The molecule has 1 aliphatic rings. The van der Waals surface area contributed by atoms with Crippen molar-refractivity contribution in [1.29, 1.82) is 0 Å². The van der Waals surface area contributed by atoms with Crippen molar-refractivity contribution in [3.8, 4) is 0 Å². The highest BCUT2D eigenvalue weighted by Crippen LogP contribution is 2.31. The number of nitrogens with zero attached hydrogens (tertiary/aromatic N) is 1. The number of benzene rings is 1. The zero-order chi connectivity index (χ0) is 13.8. The Balaban J connectivity index is 2.27. The second-order valence-corrected chi connectivity index (χ2v) is 5.22. The van der Waals surface area contributed by atoms with Gasteiger partial charge in [-0.3, -0.25) is 9.69 Å². The molecular weight excluding hydrogens is 238 g/mol. The van der Waals surface area contributed by atoms with E-state index in [9.17, 15) is 4.79 Å². The molecule has 0 radical (unpaired) electrons. The van der Waals surface area contributed by atoms with E-state index in [-0.39, 0.29) is 24.0 Å². The van der Waals surface area contributed by atoms with Gasteiger partial charge in [0, 0.05) is 13.1 Å². The molecule has 0 bridgehead atoms. The fourth-order valence-electron chi connectivity index (χ4n) is 3.02. The van der Waals surface area contributed by atoms with Crippen LogP contribution in [0.25, 0.3) is 0 Å². The van der Waals surface area contributed by atoms with E-state index in [2.05, 4.69) is 22.3 Å². The third-order valence-electron chi connectivity index (χ3n) is 3.84. The summed E-state index contributed by atoms with van der Waals surface area (Å²) in [6, 6.07) is 10.3. The maximum atomic E-state index is 12.0. The van der Waals surface area contributed by atoms with Crippen molar-refractivity contribution in [1.82, 2.24) is 10.2 Å². The van der Waals surface area contributed by atoms with Crippen LogP contribution >= 0.6 is 0 Å². The summed E-state index contributed by atoms with van der Waals surface area (Å²) in [4.78, 5) is 14.2. The average Bonchev–Trinajstić information content (AvgIpc) is 2.88. The Kier molecular flexibility index (Phi) is 4.56. The maximum Gasteiger partial charge on any atom is 0.237 e. The Bertz CT molecular complexity index is 419. The highest BCUT2D eigenvalue weighted by atomic mass is 16.2. The number of carbonyl (C=O) groups is 1. The smallest absolute Gasteiger partial charge is 0.237 e. The number of hydrogen-bond donors (Lipinski definition) is 2. The first-order valence-electron chi connectivity index (χ1n) is 6.93. The number of amides is 1. The third kappa shape index (κ3) is 2.96. The summed E-state index contributed by atoms with van der Waals surface area (Å²) in [6.07, 6.45) is 1.96. The molecule has 1 aromatic rings. The summed E-state index contributed by atoms with van der Waals surface area (Å²) >= 11 is 0. The molecule has 4 nitrogen and oxygen atoms in total. The van der Waals surface area contributed by atoms with Crippen LogP contribution < -0.4 is 11.1 Å². The number of rotatable bonds is 4. The molecule has 3 N–H and O–H groups in total. The first-order valence-corrected chi connectivity index (χ1v) is 6.93. The van der Waals surface area contributed by atoms with Crippen molar-refractivity contribution in [2.45, 2.75) is 37.9 Å². The van der Waals surface area contributed by atoms with Gasteiger partial charge in [0.1, 0.15) is 0 Å². The molecule has 1 aliphatic heterocycles. The van der Waals surface area contributed by atoms with E-state index in [1.165, 1.54) is 5.56 Å². The van der Waals surface area contributed by atoms with Gasteiger partial charge >= 0.3 is 0 Å². The number of nitrogens with one attached hydrogen (secondary N) is 1. The second kappa shape index (κ2) is 6.17. The van der Waals surface area contributed by atoms with Crippen molar-refractivity contribution in [3.05, 3.63) is 35.9 Å². The maximum absolute atomic E-state index is 12.0. The lowest BCUT2D eigenvalue weighted by molar-refractivity contribution is -0.125. The number of carbonyl (C=O) groups excluding carboxylic acids is 1. The van der Waals surface area contributed by atoms with Crippen molar-refractivity contribution < 1.29 is 4.79 Å². The highest BCUT2D eigenvalue weighted by Gasteiger charge is 2.36. The molecule has 1 saturated heterocycles. The Morgan fingerprint density at radius 3 is 2.68 bits per heavy atom. The Labute approximate surface area is 115 Å². The van der Waals surface area contributed by atoms with Gasteiger partial charge in [-0.15, -0.1) is 0 Å². The van der Waals surface area contributed by atoms with Crippen LogP contribution in [0.15, 0.2) is 30.3 Å². The minimum Gasteiger partial charge on any atom is -0.358 e. The van der Waals surface area contributed by atoms with Crippen LogP contribution in [0.2, 0.25) is 0 Å². The van der Waals surface area contributed by atoms with Crippen LogP contribution in [-0.2, 0) is 4.79 Å². The minimum atomic E-state index is -0.0544. The van der Waals surface area contributed by atoms with Crippen LogP contribution in [0.4, 0.5) is 0 Å². The molecule has 4 heteroatoms. The van der Waals surface area contributed by atoms with Crippen LogP contribution in [0.1, 0.15) is 31.4 Å². The normalized spacial score (nSPS) is 23.0. The van der Waals surface area contributed by atoms with E-state index in [1.807, 2.05) is 25.1 Å². The molecule has 19 heavy (non-hydrogen) atoms. The first-order chi connectivity index (χ1) is 9.15. The molecule has 3 atom stereocenters. The molecule has 2 rings (SSSR count). The van der Waals surface area contributed by atoms with Crippen LogP contribution in [0.3, 0.4) is 0 Å². The van der Waals surface area contributed by atoms with Gasteiger partial charge < -0.3 is 11.1 Å². The first kappa shape index (κ1) is 14.0. The summed E-state index contributed by atoms with van der Waals surface area (Å²) in [5.41, 5.74) is 7.37. The van der Waals surface area contributed by atoms with E-state index in [1.54, 1.807) is 7.05 Å². The van der Waals surface area contributed by atoms with Gasteiger partial charge in [0.05, 0.1) is 12.1 Å². The molecule has 1 amide bonds. The predicted octanol–water partition coefficient (Wildman–Crippen LogP) is 1.29. The molecule has 1 heterocycles. The zero-order valence-corrected chi connectivity index (χ0v) is 11.7. The molecule has 0 spiro atoms. The Morgan fingerprint density at radius 2 is 2.11 bits per heavy atom. The van der Waals surface area contributed by atoms with Crippen molar-refractivity contribution >= 4 is 5.91 Å². The average molecular weight is 261 g/mol. The van der Waals surface area contributed by atoms with Crippen LogP contribution in [0, 0.1) is 0 Å². The van der Waals surface area contributed by atoms with E-state index in [0.717, 1.165) is 19.4 Å². The van der Waals surface area contributed by atoms with Crippen molar-refractivity contribution in [3.63, 3.8) is 0 Å². The number of likely N-dealkylation sites (tertiary alicyclic amines) is 1. The van der Waals surface area contributed by atoms with Gasteiger partial charge in [-0.2, -0.15) is 0 Å². The lowest BCUT2D eigenvalue weighted by Crippen LogP contribution is -2.48. The van der Waals surface area contributed by atoms with E-state index in [4.69, 9.17) is 5.73 Å². The predicted molar refractivity (Wildman–Crippen MR) is 76.6 cm³/mol. The summed E-state index contributed by atoms with van der Waals surface area (Å²) in [5, 5.41) is 2.76. The third-order valence-corrected chi connectivity index (χ3v) is 3.84. The SMILES string of the molecule is CNC(=O)C1CCCN1C(c1ccccc1)C(C)N. The van der Waals surface area contributed by atoms with Crippen molar-refractivity contribution in [2.75, 3.05) is 13.6 Å². The molecule has 1 aromatic carbocycles. The van der Waals surface area contributed by atoms with Crippen LogP contribution in [0.5, 0.6) is 0 Å². The zero-order valence-electron chi connectivity index (χ0n) is 11.7. The molecule has 104 valence electrons. The topological polar surface area (TPSA) is 58.4 Å². The largest absolute Gasteiger partial charge is 0.358 e. The summed E-state index contributed by atoms with van der Waals surface area (Å²) < 4.78 is 0. The van der Waals surface area contributed by atoms with Gasteiger partial charge in [-0.05, 0) is 31.9 Å². The number of likely N-dealkylation sites (N-methyl/N-ethyl adjacent to an activating group) is 1. The fourth-order valence-corrected chi connectivity index (χ4v) is 3.02. The lowest BCUT2D eigenvalue weighted by atomic mass is 9.98. The molecule has 0 aromatic heterocycles. The van der Waals surface area contributed by atoms with Gasteiger partial charge in [-0.25, -0.2) is 0 Å². The van der Waals surface area contributed by atoms with Crippen LogP contribution in [-0.4, -0.2) is 36.5 Å². The van der Waals surface area contributed by atoms with Gasteiger partial charge in [0.25, 0.3) is 0 Å². The number of hydrogen-bond acceptors (Lipinski definition) is 3. The fraction of sp³-hybridized carbons (Fsp3) is 0.533.